The van der Waals surface area contributed by atoms with Crippen LogP contribution in [0.25, 0.3) is 0 Å². The minimum absolute atomic E-state index is 0.223. The van der Waals surface area contributed by atoms with E-state index in [1.54, 1.807) is 30.3 Å². The number of ether oxygens (including phenoxy) is 5. The molecule has 0 spiro atoms. The summed E-state index contributed by atoms with van der Waals surface area (Å²) in [5.74, 6) is -0.569. The Hall–Kier alpha value is -2.29. The Morgan fingerprint density at radius 2 is 1.71 bits per heavy atom. The van der Waals surface area contributed by atoms with Gasteiger partial charge in [0.05, 0.1) is 12.2 Å². The Kier molecular flexibility index (Phi) is 5.70. The second-order valence-electron chi connectivity index (χ2n) is 6.68. The van der Waals surface area contributed by atoms with Crippen molar-refractivity contribution in [1.29, 1.82) is 0 Å². The van der Waals surface area contributed by atoms with E-state index in [4.69, 9.17) is 23.7 Å². The van der Waals surface area contributed by atoms with E-state index in [1.165, 1.54) is 7.11 Å². The number of methoxy groups -OCH3 is 1. The zero-order valence-corrected chi connectivity index (χ0v) is 15.3. The Morgan fingerprint density at radius 1 is 1.04 bits per heavy atom. The highest BCUT2D eigenvalue weighted by atomic mass is 16.8. The lowest BCUT2D eigenvalue weighted by atomic mass is 9.97. The van der Waals surface area contributed by atoms with Gasteiger partial charge in [-0.2, -0.15) is 0 Å². The van der Waals surface area contributed by atoms with Gasteiger partial charge in [0.25, 0.3) is 0 Å². The minimum Gasteiger partial charge on any atom is -0.450 e. The number of fused-ring (bicyclic) bond motifs is 1. The van der Waals surface area contributed by atoms with Crippen LogP contribution in [0, 0.1) is 0 Å². The lowest BCUT2D eigenvalue weighted by molar-refractivity contribution is -0.357. The third kappa shape index (κ3) is 3.80. The number of esters is 1. The molecular formula is C21H22O7. The van der Waals surface area contributed by atoms with Crippen molar-refractivity contribution in [2.24, 2.45) is 0 Å². The topological polar surface area (TPSA) is 83.5 Å². The van der Waals surface area contributed by atoms with Gasteiger partial charge in [0.15, 0.2) is 18.7 Å². The van der Waals surface area contributed by atoms with Gasteiger partial charge in [0.2, 0.25) is 0 Å². The molecule has 4 rings (SSSR count). The highest BCUT2D eigenvalue weighted by molar-refractivity contribution is 5.89. The quantitative estimate of drug-likeness (QED) is 0.806. The van der Waals surface area contributed by atoms with Crippen LogP contribution in [-0.2, 0) is 23.7 Å². The predicted molar refractivity (Wildman–Crippen MR) is 97.3 cm³/mol. The zero-order chi connectivity index (χ0) is 19.5. The molecule has 2 aliphatic heterocycles. The van der Waals surface area contributed by atoms with Crippen molar-refractivity contribution in [3.63, 3.8) is 0 Å². The minimum atomic E-state index is -1.13. The monoisotopic (exact) mass is 386 g/mol. The molecule has 2 fully saturated rings. The lowest BCUT2D eigenvalue weighted by Gasteiger charge is -2.46. The molecule has 0 radical (unpaired) electrons. The van der Waals surface area contributed by atoms with Crippen LogP contribution >= 0.6 is 0 Å². The Morgan fingerprint density at radius 3 is 2.39 bits per heavy atom. The number of aliphatic hydroxyl groups excluding tert-OH is 1. The van der Waals surface area contributed by atoms with E-state index in [0.29, 0.717) is 5.56 Å². The summed E-state index contributed by atoms with van der Waals surface area (Å²) < 4.78 is 28.4. The van der Waals surface area contributed by atoms with Crippen LogP contribution in [0.4, 0.5) is 0 Å². The van der Waals surface area contributed by atoms with Gasteiger partial charge in [-0.1, -0.05) is 48.5 Å². The molecule has 2 aromatic carbocycles. The first-order chi connectivity index (χ1) is 13.7. The fraction of sp³-hybridized carbons (Fsp3) is 0.381. The summed E-state index contributed by atoms with van der Waals surface area (Å²) in [7, 11) is 1.43. The first-order valence-corrected chi connectivity index (χ1v) is 9.11. The third-order valence-corrected chi connectivity index (χ3v) is 4.87. The van der Waals surface area contributed by atoms with Crippen molar-refractivity contribution >= 4 is 5.97 Å². The summed E-state index contributed by atoms with van der Waals surface area (Å²) in [6.45, 7) is 0.223. The summed E-state index contributed by atoms with van der Waals surface area (Å²) in [4.78, 5) is 12.5. The van der Waals surface area contributed by atoms with Crippen molar-refractivity contribution in [3.8, 4) is 0 Å². The van der Waals surface area contributed by atoms with Crippen LogP contribution in [0.2, 0.25) is 0 Å². The van der Waals surface area contributed by atoms with Gasteiger partial charge in [-0.05, 0) is 12.1 Å². The average molecular weight is 386 g/mol. The Balaban J connectivity index is 1.50. The molecule has 6 atom stereocenters. The van der Waals surface area contributed by atoms with Crippen LogP contribution in [0.1, 0.15) is 22.2 Å². The number of hydrogen-bond acceptors (Lipinski definition) is 7. The van der Waals surface area contributed by atoms with E-state index in [0.717, 1.165) is 5.56 Å². The summed E-state index contributed by atoms with van der Waals surface area (Å²) in [5.41, 5.74) is 1.21. The van der Waals surface area contributed by atoms with Gasteiger partial charge in [-0.25, -0.2) is 4.79 Å². The molecule has 148 valence electrons. The molecule has 0 bridgehead atoms. The molecule has 4 unspecified atom stereocenters. The van der Waals surface area contributed by atoms with Gasteiger partial charge in [-0.15, -0.1) is 0 Å². The zero-order valence-electron chi connectivity index (χ0n) is 15.3. The highest BCUT2D eigenvalue weighted by Gasteiger charge is 2.51. The van der Waals surface area contributed by atoms with Gasteiger partial charge >= 0.3 is 5.97 Å². The summed E-state index contributed by atoms with van der Waals surface area (Å²) >= 11 is 0. The molecule has 7 heteroatoms. The molecule has 0 amide bonds. The van der Waals surface area contributed by atoms with E-state index in [9.17, 15) is 9.90 Å². The SMILES string of the molecule is CO[C@H]1OC2COC(c3ccccc3)O[C@@H]2C(O)C1OC(=O)c1ccccc1. The van der Waals surface area contributed by atoms with Crippen LogP contribution in [0.5, 0.6) is 0 Å². The molecule has 28 heavy (non-hydrogen) atoms. The number of carbonyl (C=O) groups is 1. The van der Waals surface area contributed by atoms with E-state index in [2.05, 4.69) is 0 Å². The molecule has 7 nitrogen and oxygen atoms in total. The van der Waals surface area contributed by atoms with Crippen molar-refractivity contribution in [2.75, 3.05) is 13.7 Å². The largest absolute Gasteiger partial charge is 0.450 e. The van der Waals surface area contributed by atoms with E-state index in [1.807, 2.05) is 30.3 Å². The molecule has 2 saturated heterocycles. The normalized spacial score (nSPS) is 32.4. The van der Waals surface area contributed by atoms with Gasteiger partial charge in [0, 0.05) is 12.7 Å². The predicted octanol–water partition coefficient (Wildman–Crippen LogP) is 2.06. The number of rotatable bonds is 4. The molecule has 0 aromatic heterocycles. The van der Waals surface area contributed by atoms with Crippen LogP contribution in [0.15, 0.2) is 60.7 Å². The van der Waals surface area contributed by atoms with Gasteiger partial charge < -0.3 is 28.8 Å². The summed E-state index contributed by atoms with van der Waals surface area (Å²) in [5, 5.41) is 10.9. The lowest BCUT2D eigenvalue weighted by Crippen LogP contribution is -2.63. The molecule has 2 aliphatic rings. The summed E-state index contributed by atoms with van der Waals surface area (Å²) in [6, 6.07) is 18.0. The van der Waals surface area contributed by atoms with Crippen LogP contribution in [-0.4, -0.2) is 55.5 Å². The average Bonchev–Trinajstić information content (AvgIpc) is 2.76. The van der Waals surface area contributed by atoms with Crippen molar-refractivity contribution in [3.05, 3.63) is 71.8 Å². The van der Waals surface area contributed by atoms with Crippen LogP contribution < -0.4 is 0 Å². The number of benzene rings is 2. The molecule has 1 N–H and O–H groups in total. The molecule has 2 heterocycles. The molecular weight excluding hydrogens is 364 g/mol. The van der Waals surface area contributed by atoms with E-state index >= 15 is 0 Å². The maximum atomic E-state index is 12.5. The second-order valence-corrected chi connectivity index (χ2v) is 6.68. The Labute approximate surface area is 162 Å². The van der Waals surface area contributed by atoms with Gasteiger partial charge in [-0.3, -0.25) is 0 Å². The van der Waals surface area contributed by atoms with Crippen molar-refractivity contribution in [1.82, 2.24) is 0 Å². The standard InChI is InChI=1S/C21H22O7/c1-24-21-18(27-19(23)13-8-4-2-5-9-13)16(22)17-15(26-21)12-25-20(28-17)14-10-6-3-7-11-14/h2-11,15-18,20-22H,12H2,1H3/t15?,16?,17-,18?,20?,21-/m0/s1. The second kappa shape index (κ2) is 8.38. The first kappa shape index (κ1) is 19.0. The maximum absolute atomic E-state index is 12.5. The third-order valence-electron chi connectivity index (χ3n) is 4.87. The number of hydrogen-bond donors (Lipinski definition) is 1. The number of carbonyl (C=O) groups excluding carboxylic acids is 1. The Bertz CT molecular complexity index is 782. The van der Waals surface area contributed by atoms with Crippen molar-refractivity contribution in [2.45, 2.75) is 37.0 Å². The first-order valence-electron chi connectivity index (χ1n) is 9.11. The smallest absolute Gasteiger partial charge is 0.338 e. The number of aliphatic hydroxyl groups is 1. The summed E-state index contributed by atoms with van der Waals surface area (Å²) in [6.07, 6.45) is -4.99. The fourth-order valence-electron chi connectivity index (χ4n) is 3.43. The maximum Gasteiger partial charge on any atom is 0.338 e. The molecule has 0 saturated carbocycles. The van der Waals surface area contributed by atoms with Gasteiger partial charge in [0.1, 0.15) is 18.3 Å². The molecule has 2 aromatic rings. The fourth-order valence-corrected chi connectivity index (χ4v) is 3.43. The highest BCUT2D eigenvalue weighted by Crippen LogP contribution is 2.35. The van der Waals surface area contributed by atoms with E-state index < -0.39 is 43.0 Å². The van der Waals surface area contributed by atoms with Crippen molar-refractivity contribution < 1.29 is 33.6 Å². The van der Waals surface area contributed by atoms with E-state index in [-0.39, 0.29) is 6.61 Å². The molecule has 0 aliphatic carbocycles. The van der Waals surface area contributed by atoms with Crippen LogP contribution in [0.3, 0.4) is 0 Å².